The molecule has 0 spiro atoms. The van der Waals surface area contributed by atoms with Crippen molar-refractivity contribution in [2.24, 2.45) is 11.8 Å². The molecular formula is C28H31F3N4O7S. The summed E-state index contributed by atoms with van der Waals surface area (Å²) in [7, 11) is 1.85. The molecule has 0 saturated carbocycles. The molecule has 0 aliphatic carbocycles. The van der Waals surface area contributed by atoms with Crippen LogP contribution in [0.3, 0.4) is 0 Å². The predicted octanol–water partition coefficient (Wildman–Crippen LogP) is 1.08. The van der Waals surface area contributed by atoms with Gasteiger partial charge in [0, 0.05) is 44.4 Å². The van der Waals surface area contributed by atoms with Gasteiger partial charge in [0.2, 0.25) is 22.6 Å². The van der Waals surface area contributed by atoms with E-state index in [0.29, 0.717) is 24.9 Å². The zero-order valence-corrected chi connectivity index (χ0v) is 24.5. The first kappa shape index (κ1) is 31.0. The van der Waals surface area contributed by atoms with Crippen molar-refractivity contribution < 1.29 is 47.4 Å². The molecule has 4 heterocycles. The summed E-state index contributed by atoms with van der Waals surface area (Å²) in [6.07, 6.45) is -1.03. The molecule has 4 aliphatic heterocycles. The fraction of sp³-hybridized carbons (Fsp3) is 0.536. The minimum Gasteiger partial charge on any atom is -0.477 e. The molecule has 15 heteroatoms. The third kappa shape index (κ3) is 4.90. The summed E-state index contributed by atoms with van der Waals surface area (Å²) in [6.45, 7) is 2.86. The fourth-order valence-electron chi connectivity index (χ4n) is 6.53. The summed E-state index contributed by atoms with van der Waals surface area (Å²) in [4.78, 5) is 69.8. The summed E-state index contributed by atoms with van der Waals surface area (Å²) in [5, 5.41) is 18.9. The van der Waals surface area contributed by atoms with E-state index >= 15 is 8.78 Å². The van der Waals surface area contributed by atoms with Crippen LogP contribution in [0.5, 0.6) is 0 Å². The van der Waals surface area contributed by atoms with Crippen LogP contribution in [0.25, 0.3) is 0 Å². The molecule has 2 N–H and O–H groups in total. The van der Waals surface area contributed by atoms with Crippen LogP contribution in [0.2, 0.25) is 0 Å². The second-order valence-electron chi connectivity index (χ2n) is 11.2. The zero-order valence-electron chi connectivity index (χ0n) is 23.7. The number of thioether (sulfide) groups is 1. The summed E-state index contributed by atoms with van der Waals surface area (Å²) < 4.78 is 45.1. The molecule has 2 saturated heterocycles. The highest BCUT2D eigenvalue weighted by molar-refractivity contribution is 8.14. The van der Waals surface area contributed by atoms with Gasteiger partial charge in [-0.05, 0) is 25.6 Å². The van der Waals surface area contributed by atoms with Crippen molar-refractivity contribution in [1.82, 2.24) is 9.80 Å². The normalized spacial score (nSPS) is 26.5. The maximum atomic E-state index is 16.1. The Morgan fingerprint density at radius 2 is 1.77 bits per heavy atom. The van der Waals surface area contributed by atoms with Crippen LogP contribution in [0.1, 0.15) is 24.2 Å². The number of aliphatic hydroxyl groups excluding tert-OH is 1. The van der Waals surface area contributed by atoms with E-state index in [2.05, 4.69) is 0 Å². The lowest BCUT2D eigenvalue weighted by Gasteiger charge is -2.46. The number of fused-ring (bicyclic) bond motifs is 2. The van der Waals surface area contributed by atoms with Gasteiger partial charge in [-0.25, -0.2) is 18.0 Å². The lowest BCUT2D eigenvalue weighted by atomic mass is 9.78. The van der Waals surface area contributed by atoms with Crippen LogP contribution in [-0.2, 0) is 19.2 Å². The van der Waals surface area contributed by atoms with Gasteiger partial charge in [0.1, 0.15) is 23.9 Å². The first-order valence-electron chi connectivity index (χ1n) is 13.8. The van der Waals surface area contributed by atoms with Crippen LogP contribution < -0.4 is 9.80 Å². The highest BCUT2D eigenvalue weighted by Gasteiger charge is 2.60. The van der Waals surface area contributed by atoms with Crippen molar-refractivity contribution in [3.8, 4) is 0 Å². The Morgan fingerprint density at radius 3 is 2.35 bits per heavy atom. The largest absolute Gasteiger partial charge is 0.477 e. The van der Waals surface area contributed by atoms with E-state index < -0.39 is 100 Å². The molecule has 4 aliphatic rings. The number of Topliss-reactive ketones (excluding diaryl/α,β-unsaturated/α-hetero) is 2. The van der Waals surface area contributed by atoms with Crippen molar-refractivity contribution >= 4 is 51.7 Å². The molecule has 0 radical (unpaired) electrons. The Labute approximate surface area is 249 Å². The standard InChI is InChI=1S/C28H31F3N4O7S/c1-12-15(21(27(40)41)35-19(12)17(13(2)36)26(35)39)11-43-28(42)23-25(38)24(37)14-10-16(30)22(33-8-6-32(3)7-9-33)18(31)20(14)34(23)5-4-29/h10,12-13,17,19,23,36H,4-9,11H2,1-3H3,(H,40,41)/t12-,13?,17+,19+,23?/m0/s1. The number of ketones is 2. The van der Waals surface area contributed by atoms with Crippen molar-refractivity contribution in [2.75, 3.05) is 62.0 Å². The van der Waals surface area contributed by atoms with Gasteiger partial charge in [-0.3, -0.25) is 19.2 Å². The maximum Gasteiger partial charge on any atom is 0.352 e. The van der Waals surface area contributed by atoms with E-state index in [1.54, 1.807) is 6.92 Å². The van der Waals surface area contributed by atoms with Gasteiger partial charge in [0.25, 0.3) is 0 Å². The van der Waals surface area contributed by atoms with Gasteiger partial charge >= 0.3 is 5.97 Å². The topological polar surface area (TPSA) is 139 Å². The van der Waals surface area contributed by atoms with E-state index in [0.717, 1.165) is 15.9 Å². The van der Waals surface area contributed by atoms with Crippen LogP contribution >= 0.6 is 11.8 Å². The molecule has 2 unspecified atom stereocenters. The molecule has 1 aromatic carbocycles. The van der Waals surface area contributed by atoms with Gasteiger partial charge in [-0.1, -0.05) is 18.7 Å². The number of amides is 1. The van der Waals surface area contributed by atoms with Gasteiger partial charge in [0.15, 0.2) is 11.9 Å². The number of carboxylic acid groups (broad SMARTS) is 1. The van der Waals surface area contributed by atoms with Gasteiger partial charge < -0.3 is 29.8 Å². The fourth-order valence-corrected chi connectivity index (χ4v) is 7.62. The first-order chi connectivity index (χ1) is 20.3. The van der Waals surface area contributed by atoms with E-state index in [9.17, 15) is 38.6 Å². The number of rotatable bonds is 8. The number of carbonyl (C=O) groups is 5. The lowest BCUT2D eigenvalue weighted by molar-refractivity contribution is -0.163. The Bertz CT molecular complexity index is 1450. The number of hydrogen-bond acceptors (Lipinski definition) is 10. The highest BCUT2D eigenvalue weighted by atomic mass is 32.2. The molecule has 11 nitrogen and oxygen atoms in total. The summed E-state index contributed by atoms with van der Waals surface area (Å²) in [5.41, 5.74) is -1.69. The third-order valence-corrected chi connectivity index (χ3v) is 9.70. The van der Waals surface area contributed by atoms with E-state index in [1.165, 1.54) is 11.8 Å². The molecule has 43 heavy (non-hydrogen) atoms. The second-order valence-corrected chi connectivity index (χ2v) is 12.2. The average molecular weight is 625 g/mol. The Kier molecular flexibility index (Phi) is 8.35. The Morgan fingerprint density at radius 1 is 1.12 bits per heavy atom. The summed E-state index contributed by atoms with van der Waals surface area (Å²) in [6, 6.07) is -1.82. The van der Waals surface area contributed by atoms with E-state index in [1.807, 2.05) is 11.9 Å². The van der Waals surface area contributed by atoms with Crippen molar-refractivity contribution in [3.05, 3.63) is 34.5 Å². The number of β-lactam (4-membered cyclic amide) rings is 1. The lowest BCUT2D eigenvalue weighted by Crippen LogP contribution is -2.63. The minimum atomic E-state index is -1.93. The van der Waals surface area contributed by atoms with Crippen LogP contribution in [0.15, 0.2) is 17.3 Å². The maximum absolute atomic E-state index is 16.1. The van der Waals surface area contributed by atoms with Crippen LogP contribution in [0.4, 0.5) is 24.5 Å². The van der Waals surface area contributed by atoms with Crippen molar-refractivity contribution in [3.63, 3.8) is 0 Å². The van der Waals surface area contributed by atoms with Gasteiger partial charge in [0.05, 0.1) is 29.3 Å². The molecule has 0 bridgehead atoms. The smallest absolute Gasteiger partial charge is 0.352 e. The second kappa shape index (κ2) is 11.6. The Hall–Kier alpha value is -3.43. The summed E-state index contributed by atoms with van der Waals surface area (Å²) in [5.74, 6) is -8.45. The molecular weight excluding hydrogens is 593 g/mol. The molecule has 2 fully saturated rings. The SMILES string of the molecule is CC(O)[C@H]1C(=O)N2C(C(=O)O)=C(CSC(=O)C3C(=O)C(=O)c4cc(F)c(N5CCN(C)CC5)c(F)c4N3CCF)[C@H](C)[C@H]12. The third-order valence-electron chi connectivity index (χ3n) is 8.74. The molecule has 0 aromatic heterocycles. The zero-order chi connectivity index (χ0) is 31.5. The number of likely N-dealkylation sites (N-methyl/N-ethyl adjacent to an activating group) is 1. The van der Waals surface area contributed by atoms with Gasteiger partial charge in [-0.2, -0.15) is 0 Å². The van der Waals surface area contributed by atoms with Gasteiger partial charge in [-0.15, -0.1) is 0 Å². The number of anilines is 2. The number of carboxylic acids is 1. The number of piperazine rings is 1. The average Bonchev–Trinajstić information content (AvgIpc) is 3.18. The molecule has 5 atom stereocenters. The highest BCUT2D eigenvalue weighted by Crippen LogP contribution is 2.48. The number of halogens is 3. The number of aliphatic hydroxyl groups is 1. The molecule has 1 aromatic rings. The predicted molar refractivity (Wildman–Crippen MR) is 150 cm³/mol. The number of carbonyl (C=O) groups excluding carboxylic acids is 4. The van der Waals surface area contributed by atoms with Crippen LogP contribution in [-0.4, -0.2) is 119 Å². The molecule has 1 amide bonds. The number of hydrogen-bond donors (Lipinski definition) is 2. The summed E-state index contributed by atoms with van der Waals surface area (Å²) >= 11 is 0.489. The number of aliphatic carboxylic acids is 1. The number of nitrogens with zero attached hydrogens (tertiary/aromatic N) is 4. The number of alkyl halides is 1. The van der Waals surface area contributed by atoms with Crippen molar-refractivity contribution in [2.45, 2.75) is 32.0 Å². The monoisotopic (exact) mass is 624 g/mol. The number of benzene rings is 1. The Balaban J connectivity index is 1.46. The first-order valence-corrected chi connectivity index (χ1v) is 14.8. The van der Waals surface area contributed by atoms with E-state index in [4.69, 9.17) is 0 Å². The molecule has 232 valence electrons. The van der Waals surface area contributed by atoms with Crippen molar-refractivity contribution in [1.29, 1.82) is 0 Å². The quantitative estimate of drug-likeness (QED) is 0.244. The van der Waals surface area contributed by atoms with E-state index in [-0.39, 0.29) is 30.1 Å². The molecule has 5 rings (SSSR count). The van der Waals surface area contributed by atoms with Crippen LogP contribution in [0, 0.1) is 23.5 Å². The minimum absolute atomic E-state index is 0.213.